The molecule has 4 heteroatoms. The third-order valence-electron chi connectivity index (χ3n) is 2.56. The summed E-state index contributed by atoms with van der Waals surface area (Å²) in [5.41, 5.74) is 1.87. The van der Waals surface area contributed by atoms with Gasteiger partial charge in [0.15, 0.2) is 0 Å². The van der Waals surface area contributed by atoms with E-state index in [0.717, 1.165) is 11.1 Å². The molecule has 0 aliphatic carbocycles. The Morgan fingerprint density at radius 2 is 1.53 bits per heavy atom. The summed E-state index contributed by atoms with van der Waals surface area (Å²) in [5.74, 6) is 0.473. The van der Waals surface area contributed by atoms with Crippen LogP contribution in [-0.4, -0.2) is 16.4 Å². The van der Waals surface area contributed by atoms with E-state index in [9.17, 15) is 0 Å². The van der Waals surface area contributed by atoms with E-state index in [4.69, 9.17) is 4.42 Å². The highest BCUT2D eigenvalue weighted by atomic mass is 16.4. The van der Waals surface area contributed by atoms with Gasteiger partial charge in [-0.05, 0) is 17.7 Å². The third-order valence-corrected chi connectivity index (χ3v) is 2.56. The van der Waals surface area contributed by atoms with Gasteiger partial charge in [0.05, 0.1) is 0 Å². The third kappa shape index (κ3) is 2.74. The van der Waals surface area contributed by atoms with E-state index in [2.05, 4.69) is 15.2 Å². The van der Waals surface area contributed by atoms with Gasteiger partial charge < -0.3 is 4.42 Å². The minimum Gasteiger partial charge on any atom is -0.402 e. The van der Waals surface area contributed by atoms with E-state index >= 15 is 0 Å². The standard InChI is InChI=1S/C15H11N3O/c1-3-7-12(8-4-1)11-16-15-18-17-14(19-15)13-9-5-2-6-10-13/h1-11H. The van der Waals surface area contributed by atoms with Crippen LogP contribution in [0.15, 0.2) is 70.1 Å². The molecule has 0 saturated carbocycles. The van der Waals surface area contributed by atoms with Gasteiger partial charge in [-0.3, -0.25) is 0 Å². The van der Waals surface area contributed by atoms with Crippen molar-refractivity contribution >= 4 is 12.2 Å². The number of aliphatic imine (C=N–C) groups is 1. The van der Waals surface area contributed by atoms with E-state index in [1.807, 2.05) is 60.7 Å². The zero-order valence-electron chi connectivity index (χ0n) is 10.1. The first-order chi connectivity index (χ1) is 9.42. The monoisotopic (exact) mass is 249 g/mol. The van der Waals surface area contributed by atoms with E-state index in [-0.39, 0.29) is 6.01 Å². The number of hydrogen-bond donors (Lipinski definition) is 0. The highest BCUT2D eigenvalue weighted by Crippen LogP contribution is 2.20. The van der Waals surface area contributed by atoms with Crippen molar-refractivity contribution in [2.24, 2.45) is 4.99 Å². The first-order valence-electron chi connectivity index (χ1n) is 5.90. The molecule has 1 aromatic heterocycles. The summed E-state index contributed by atoms with van der Waals surface area (Å²) in [6.45, 7) is 0. The Kier molecular flexibility index (Phi) is 3.14. The predicted octanol–water partition coefficient (Wildman–Crippen LogP) is 3.49. The van der Waals surface area contributed by atoms with Crippen LogP contribution < -0.4 is 0 Å². The van der Waals surface area contributed by atoms with Gasteiger partial charge in [-0.2, -0.15) is 0 Å². The Morgan fingerprint density at radius 3 is 2.26 bits per heavy atom. The number of hydrogen-bond acceptors (Lipinski definition) is 4. The van der Waals surface area contributed by atoms with Crippen LogP contribution in [0, 0.1) is 0 Å². The first-order valence-corrected chi connectivity index (χ1v) is 5.90. The van der Waals surface area contributed by atoms with E-state index in [1.165, 1.54) is 0 Å². The predicted molar refractivity (Wildman–Crippen MR) is 73.4 cm³/mol. The number of benzene rings is 2. The van der Waals surface area contributed by atoms with Crippen molar-refractivity contribution in [3.8, 4) is 11.5 Å². The Bertz CT molecular complexity index is 675. The molecule has 4 nitrogen and oxygen atoms in total. The molecule has 0 saturated heterocycles. The van der Waals surface area contributed by atoms with Gasteiger partial charge in [0.25, 0.3) is 0 Å². The van der Waals surface area contributed by atoms with Crippen LogP contribution >= 0.6 is 0 Å². The summed E-state index contributed by atoms with van der Waals surface area (Å²) >= 11 is 0. The van der Waals surface area contributed by atoms with Gasteiger partial charge in [0, 0.05) is 11.8 Å². The molecule has 0 radical (unpaired) electrons. The molecule has 0 fully saturated rings. The topological polar surface area (TPSA) is 51.3 Å². The Morgan fingerprint density at radius 1 is 0.842 bits per heavy atom. The van der Waals surface area contributed by atoms with E-state index in [0.29, 0.717) is 5.89 Å². The normalized spacial score (nSPS) is 10.9. The summed E-state index contributed by atoms with van der Waals surface area (Å²) < 4.78 is 5.47. The summed E-state index contributed by atoms with van der Waals surface area (Å²) in [7, 11) is 0. The molecule has 0 aliphatic rings. The van der Waals surface area contributed by atoms with Gasteiger partial charge in [-0.25, -0.2) is 4.99 Å². The molecule has 0 unspecified atom stereocenters. The molecular weight excluding hydrogens is 238 g/mol. The zero-order valence-corrected chi connectivity index (χ0v) is 10.1. The molecule has 1 heterocycles. The quantitative estimate of drug-likeness (QED) is 0.667. The average Bonchev–Trinajstić information content (AvgIpc) is 2.96. The summed E-state index contributed by atoms with van der Waals surface area (Å²) in [5, 5.41) is 7.86. The second kappa shape index (κ2) is 5.27. The lowest BCUT2D eigenvalue weighted by Gasteiger charge is -1.91. The highest BCUT2D eigenvalue weighted by molar-refractivity contribution is 5.80. The van der Waals surface area contributed by atoms with Crippen molar-refractivity contribution < 1.29 is 4.42 Å². The fourth-order valence-electron chi connectivity index (χ4n) is 1.63. The summed E-state index contributed by atoms with van der Waals surface area (Å²) in [6, 6.07) is 19.6. The summed E-state index contributed by atoms with van der Waals surface area (Å²) in [6.07, 6.45) is 1.70. The van der Waals surface area contributed by atoms with Crippen molar-refractivity contribution in [1.29, 1.82) is 0 Å². The molecule has 0 spiro atoms. The lowest BCUT2D eigenvalue weighted by Crippen LogP contribution is -1.77. The SMILES string of the molecule is C(=Nc1nnc(-c2ccccc2)o1)c1ccccc1. The van der Waals surface area contributed by atoms with Gasteiger partial charge in [0.1, 0.15) is 0 Å². The lowest BCUT2D eigenvalue weighted by molar-refractivity contribution is 0.580. The van der Waals surface area contributed by atoms with Gasteiger partial charge >= 0.3 is 6.01 Å². The van der Waals surface area contributed by atoms with E-state index in [1.54, 1.807) is 6.21 Å². The molecule has 3 rings (SSSR count). The largest absolute Gasteiger partial charge is 0.402 e. The van der Waals surface area contributed by atoms with Crippen LogP contribution in [0.5, 0.6) is 0 Å². The lowest BCUT2D eigenvalue weighted by atomic mass is 10.2. The first kappa shape index (κ1) is 11.3. The maximum atomic E-state index is 5.47. The maximum Gasteiger partial charge on any atom is 0.342 e. The van der Waals surface area contributed by atoms with Crippen LogP contribution in [0.25, 0.3) is 11.5 Å². The molecule has 92 valence electrons. The van der Waals surface area contributed by atoms with Crippen LogP contribution in [0.2, 0.25) is 0 Å². The molecule has 0 aliphatic heterocycles. The van der Waals surface area contributed by atoms with Crippen molar-refractivity contribution in [3.63, 3.8) is 0 Å². The van der Waals surface area contributed by atoms with Crippen LogP contribution in [0.1, 0.15) is 5.56 Å². The molecule has 19 heavy (non-hydrogen) atoms. The highest BCUT2D eigenvalue weighted by Gasteiger charge is 2.05. The van der Waals surface area contributed by atoms with Crippen molar-refractivity contribution in [3.05, 3.63) is 66.2 Å². The fraction of sp³-hybridized carbons (Fsp3) is 0. The molecule has 0 N–H and O–H groups in total. The number of rotatable bonds is 3. The van der Waals surface area contributed by atoms with Crippen molar-refractivity contribution in [1.82, 2.24) is 10.2 Å². The molecule has 0 bridgehead atoms. The van der Waals surface area contributed by atoms with Gasteiger partial charge in [-0.15, -0.1) is 5.10 Å². The number of nitrogens with zero attached hydrogens (tertiary/aromatic N) is 3. The fourth-order valence-corrected chi connectivity index (χ4v) is 1.63. The Hall–Kier alpha value is -2.75. The van der Waals surface area contributed by atoms with Crippen molar-refractivity contribution in [2.75, 3.05) is 0 Å². The molecular formula is C15H11N3O. The van der Waals surface area contributed by atoms with Gasteiger partial charge in [-0.1, -0.05) is 53.6 Å². The van der Waals surface area contributed by atoms with Crippen LogP contribution in [0.3, 0.4) is 0 Å². The molecule has 0 atom stereocenters. The second-order valence-corrected chi connectivity index (χ2v) is 3.92. The molecule has 3 aromatic rings. The Labute approximate surface area is 110 Å². The molecule has 2 aromatic carbocycles. The summed E-state index contributed by atoms with van der Waals surface area (Å²) in [4.78, 5) is 4.16. The minimum atomic E-state index is 0.253. The van der Waals surface area contributed by atoms with Gasteiger partial charge in [0.2, 0.25) is 5.89 Å². The second-order valence-electron chi connectivity index (χ2n) is 3.92. The molecule has 0 amide bonds. The average molecular weight is 249 g/mol. The maximum absolute atomic E-state index is 5.47. The van der Waals surface area contributed by atoms with Crippen molar-refractivity contribution in [2.45, 2.75) is 0 Å². The Balaban J connectivity index is 1.81. The zero-order chi connectivity index (χ0) is 12.9. The van der Waals surface area contributed by atoms with Crippen LogP contribution in [-0.2, 0) is 0 Å². The minimum absolute atomic E-state index is 0.253. The smallest absolute Gasteiger partial charge is 0.342 e. The van der Waals surface area contributed by atoms with E-state index < -0.39 is 0 Å². The van der Waals surface area contributed by atoms with Crippen LogP contribution in [0.4, 0.5) is 6.01 Å². The number of aromatic nitrogens is 2.